The van der Waals surface area contributed by atoms with Gasteiger partial charge in [-0.25, -0.2) is 0 Å². The van der Waals surface area contributed by atoms with Gasteiger partial charge in [0.25, 0.3) is 11.8 Å². The van der Waals surface area contributed by atoms with Crippen molar-refractivity contribution in [1.82, 2.24) is 30.7 Å². The SMILES string of the molecule is N#C[C@@H]1CCCN1C(=O)CNC(=O)c1ccnc2cc(OCC(=O)NCCOCCOCCOCCN3CCNCC3)ccc12. The number of hydrogen-bond acceptors (Lipinski definition) is 11. The fraction of sp³-hybridized carbons (Fsp3) is 0.581. The normalized spacial score (nSPS) is 16.8. The van der Waals surface area contributed by atoms with E-state index >= 15 is 0 Å². The van der Waals surface area contributed by atoms with Crippen molar-refractivity contribution in [1.29, 1.82) is 5.26 Å². The van der Waals surface area contributed by atoms with Gasteiger partial charge in [0.1, 0.15) is 11.8 Å². The lowest BCUT2D eigenvalue weighted by atomic mass is 10.1. The number of nitrogens with one attached hydrogen (secondary N) is 3. The maximum atomic E-state index is 12.8. The first-order valence-electron chi connectivity index (χ1n) is 15.5. The number of likely N-dealkylation sites (tertiary alicyclic amines) is 1. The molecule has 2 fully saturated rings. The fourth-order valence-electron chi connectivity index (χ4n) is 5.10. The summed E-state index contributed by atoms with van der Waals surface area (Å²) in [6.45, 7) is 8.63. The molecule has 0 bridgehead atoms. The molecule has 0 radical (unpaired) electrons. The third kappa shape index (κ3) is 11.2. The Labute approximate surface area is 263 Å². The first-order valence-corrected chi connectivity index (χ1v) is 15.5. The molecule has 45 heavy (non-hydrogen) atoms. The van der Waals surface area contributed by atoms with Gasteiger partial charge in [0.05, 0.1) is 63.3 Å². The Morgan fingerprint density at radius 2 is 1.73 bits per heavy atom. The van der Waals surface area contributed by atoms with E-state index in [4.69, 9.17) is 18.9 Å². The number of amides is 3. The van der Waals surface area contributed by atoms with Crippen LogP contribution in [0.15, 0.2) is 30.5 Å². The highest BCUT2D eigenvalue weighted by Gasteiger charge is 2.28. The predicted octanol–water partition coefficient (Wildman–Crippen LogP) is -0.0708. The summed E-state index contributed by atoms with van der Waals surface area (Å²) in [6.07, 6.45) is 2.92. The molecule has 0 unspecified atom stereocenters. The van der Waals surface area contributed by atoms with Crippen molar-refractivity contribution in [2.24, 2.45) is 0 Å². The lowest BCUT2D eigenvalue weighted by molar-refractivity contribution is -0.130. The lowest BCUT2D eigenvalue weighted by Crippen LogP contribution is -2.44. The Hall–Kier alpha value is -3.87. The Kier molecular flexibility index (Phi) is 14.2. The van der Waals surface area contributed by atoms with Crippen molar-refractivity contribution in [3.63, 3.8) is 0 Å². The van der Waals surface area contributed by atoms with Gasteiger partial charge in [-0.1, -0.05) is 0 Å². The van der Waals surface area contributed by atoms with Crippen molar-refractivity contribution >= 4 is 28.6 Å². The van der Waals surface area contributed by atoms with Gasteiger partial charge in [-0.3, -0.25) is 24.3 Å². The van der Waals surface area contributed by atoms with E-state index in [-0.39, 0.29) is 25.0 Å². The molecule has 0 aliphatic carbocycles. The maximum Gasteiger partial charge on any atom is 0.258 e. The number of nitrogens with zero attached hydrogens (tertiary/aromatic N) is 4. The smallest absolute Gasteiger partial charge is 0.258 e. The number of pyridine rings is 1. The zero-order chi connectivity index (χ0) is 31.7. The summed E-state index contributed by atoms with van der Waals surface area (Å²) in [5.41, 5.74) is 0.865. The van der Waals surface area contributed by atoms with Crippen molar-refractivity contribution in [3.8, 4) is 11.8 Å². The fourth-order valence-corrected chi connectivity index (χ4v) is 5.10. The van der Waals surface area contributed by atoms with Gasteiger partial charge in [0.15, 0.2) is 6.61 Å². The Morgan fingerprint density at radius 1 is 0.978 bits per heavy atom. The van der Waals surface area contributed by atoms with Gasteiger partial charge < -0.3 is 39.8 Å². The molecule has 14 heteroatoms. The second-order valence-electron chi connectivity index (χ2n) is 10.7. The third-order valence-electron chi connectivity index (χ3n) is 7.53. The largest absolute Gasteiger partial charge is 0.484 e. The zero-order valence-electron chi connectivity index (χ0n) is 25.6. The summed E-state index contributed by atoms with van der Waals surface area (Å²) in [6, 6.07) is 8.25. The van der Waals surface area contributed by atoms with Crippen LogP contribution in [0, 0.1) is 11.3 Å². The lowest BCUT2D eigenvalue weighted by Gasteiger charge is -2.26. The molecule has 1 aromatic heterocycles. The zero-order valence-corrected chi connectivity index (χ0v) is 25.6. The van der Waals surface area contributed by atoms with Crippen LogP contribution in [-0.2, 0) is 23.8 Å². The number of hydrogen-bond donors (Lipinski definition) is 3. The third-order valence-corrected chi connectivity index (χ3v) is 7.53. The number of ether oxygens (including phenoxy) is 4. The monoisotopic (exact) mass is 625 g/mol. The minimum atomic E-state index is -0.441. The number of piperazine rings is 1. The number of aromatic nitrogens is 1. The number of rotatable bonds is 18. The van der Waals surface area contributed by atoms with E-state index in [9.17, 15) is 19.6 Å². The van der Waals surface area contributed by atoms with Crippen molar-refractivity contribution in [2.45, 2.75) is 18.9 Å². The molecule has 1 atom stereocenters. The minimum Gasteiger partial charge on any atom is -0.484 e. The number of benzene rings is 1. The van der Waals surface area contributed by atoms with Crippen molar-refractivity contribution in [3.05, 3.63) is 36.0 Å². The first kappa shape index (κ1) is 34.0. The first-order chi connectivity index (χ1) is 22.0. The van der Waals surface area contributed by atoms with Crippen LogP contribution in [0.5, 0.6) is 5.75 Å². The van der Waals surface area contributed by atoms with Crippen molar-refractivity contribution < 1.29 is 33.3 Å². The molecule has 3 amide bonds. The van der Waals surface area contributed by atoms with Crippen LogP contribution in [0.4, 0.5) is 0 Å². The van der Waals surface area contributed by atoms with E-state index in [1.165, 1.54) is 11.1 Å². The Morgan fingerprint density at radius 3 is 2.51 bits per heavy atom. The average molecular weight is 626 g/mol. The molecule has 14 nitrogen and oxygen atoms in total. The minimum absolute atomic E-state index is 0.189. The standard InChI is InChI=1S/C31H43N7O7/c32-21-24-2-1-10-38(24)30(40)22-36-31(41)27-5-6-34-28-20-25(3-4-26(27)28)45-23-29(39)35-9-14-42-16-18-44-19-17-43-15-13-37-11-7-33-8-12-37/h3-6,20,24,33H,1-2,7-19,22-23H2,(H,35,39)(H,36,41)/t24-/m0/s1. The Bertz CT molecular complexity index is 1300. The van der Waals surface area contributed by atoms with Gasteiger partial charge >= 0.3 is 0 Å². The van der Waals surface area contributed by atoms with Crippen LogP contribution in [0.1, 0.15) is 23.2 Å². The van der Waals surface area contributed by atoms with E-state index in [1.807, 2.05) is 0 Å². The molecular weight excluding hydrogens is 582 g/mol. The number of carbonyl (C=O) groups is 3. The molecule has 2 aromatic rings. The highest BCUT2D eigenvalue weighted by atomic mass is 16.5. The highest BCUT2D eigenvalue weighted by molar-refractivity contribution is 6.07. The molecule has 0 saturated carbocycles. The summed E-state index contributed by atoms with van der Waals surface area (Å²) in [4.78, 5) is 45.7. The second-order valence-corrected chi connectivity index (χ2v) is 10.7. The molecule has 3 heterocycles. The van der Waals surface area contributed by atoms with Crippen LogP contribution in [0.3, 0.4) is 0 Å². The molecule has 0 spiro atoms. The molecule has 3 N–H and O–H groups in total. The molecule has 4 rings (SSSR count). The van der Waals surface area contributed by atoms with E-state index < -0.39 is 11.9 Å². The van der Waals surface area contributed by atoms with Gasteiger partial charge in [-0.2, -0.15) is 5.26 Å². The van der Waals surface area contributed by atoms with Crippen LogP contribution in [0.25, 0.3) is 10.9 Å². The topological polar surface area (TPSA) is 167 Å². The van der Waals surface area contributed by atoms with E-state index in [0.717, 1.165) is 39.1 Å². The molecule has 2 aliphatic heterocycles. The highest BCUT2D eigenvalue weighted by Crippen LogP contribution is 2.22. The van der Waals surface area contributed by atoms with Gasteiger partial charge in [-0.05, 0) is 31.0 Å². The van der Waals surface area contributed by atoms with Crippen LogP contribution >= 0.6 is 0 Å². The average Bonchev–Trinajstić information content (AvgIpc) is 3.56. The molecule has 2 saturated heterocycles. The number of carbonyl (C=O) groups excluding carboxylic acids is 3. The van der Waals surface area contributed by atoms with E-state index in [0.29, 0.717) is 81.4 Å². The van der Waals surface area contributed by atoms with E-state index in [1.54, 1.807) is 24.3 Å². The molecule has 1 aromatic carbocycles. The molecule has 244 valence electrons. The van der Waals surface area contributed by atoms with Gasteiger partial charge in [0.2, 0.25) is 5.91 Å². The summed E-state index contributed by atoms with van der Waals surface area (Å²) < 4.78 is 22.2. The quantitative estimate of drug-likeness (QED) is 0.190. The van der Waals surface area contributed by atoms with Gasteiger partial charge in [-0.15, -0.1) is 0 Å². The number of fused-ring (bicyclic) bond motifs is 1. The second kappa shape index (κ2) is 18.8. The van der Waals surface area contributed by atoms with E-state index in [2.05, 4.69) is 31.9 Å². The maximum absolute atomic E-state index is 12.8. The predicted molar refractivity (Wildman–Crippen MR) is 165 cm³/mol. The van der Waals surface area contributed by atoms with Crippen molar-refractivity contribution in [2.75, 3.05) is 98.6 Å². The van der Waals surface area contributed by atoms with Crippen LogP contribution < -0.4 is 20.7 Å². The summed E-state index contributed by atoms with van der Waals surface area (Å²) in [5, 5.41) is 18.5. The van der Waals surface area contributed by atoms with Crippen LogP contribution in [0.2, 0.25) is 0 Å². The molecular formula is C31H43N7O7. The number of nitriles is 1. The summed E-state index contributed by atoms with van der Waals surface area (Å²) >= 11 is 0. The summed E-state index contributed by atoms with van der Waals surface area (Å²) in [7, 11) is 0. The van der Waals surface area contributed by atoms with Crippen LogP contribution in [-0.4, -0.2) is 137 Å². The Balaban J connectivity index is 1.06. The molecule has 2 aliphatic rings. The summed E-state index contributed by atoms with van der Waals surface area (Å²) in [5.74, 6) is -0.573. The van der Waals surface area contributed by atoms with Gasteiger partial charge in [0, 0.05) is 63.5 Å².